The lowest BCUT2D eigenvalue weighted by Crippen LogP contribution is -1.93. The predicted molar refractivity (Wildman–Crippen MR) is 75.4 cm³/mol. The van der Waals surface area contributed by atoms with Crippen molar-refractivity contribution in [1.29, 1.82) is 0 Å². The zero-order valence-corrected chi connectivity index (χ0v) is 11.6. The zero-order valence-electron chi connectivity index (χ0n) is 10.0. The van der Waals surface area contributed by atoms with Gasteiger partial charge in [0.25, 0.3) is 0 Å². The second-order valence-corrected chi connectivity index (χ2v) is 4.78. The number of hydrogen-bond donors (Lipinski definition) is 0. The second-order valence-electron chi connectivity index (χ2n) is 3.86. The Morgan fingerprint density at radius 2 is 1.94 bits per heavy atom. The van der Waals surface area contributed by atoms with E-state index < -0.39 is 0 Å². The summed E-state index contributed by atoms with van der Waals surface area (Å²) in [5.41, 5.74) is 1.66. The third-order valence-electron chi connectivity index (χ3n) is 2.67. The van der Waals surface area contributed by atoms with Gasteiger partial charge in [0.2, 0.25) is 0 Å². The van der Waals surface area contributed by atoms with E-state index in [1.54, 1.807) is 12.1 Å². The van der Waals surface area contributed by atoms with Crippen LogP contribution in [0, 0.1) is 0 Å². The van der Waals surface area contributed by atoms with Crippen LogP contribution in [0.1, 0.15) is 22.8 Å². The molecule has 0 saturated carbocycles. The lowest BCUT2D eigenvalue weighted by molar-refractivity contribution is 0.112. The van der Waals surface area contributed by atoms with Crippen molar-refractivity contribution in [3.05, 3.63) is 58.1 Å². The zero-order chi connectivity index (χ0) is 13.0. The van der Waals surface area contributed by atoms with E-state index >= 15 is 0 Å². The minimum Gasteiger partial charge on any atom is -0.456 e. The van der Waals surface area contributed by atoms with Gasteiger partial charge >= 0.3 is 0 Å². The Balaban J connectivity index is 2.36. The first-order valence-electron chi connectivity index (χ1n) is 5.75. The van der Waals surface area contributed by atoms with Gasteiger partial charge in [-0.05, 0) is 36.2 Å². The van der Waals surface area contributed by atoms with Crippen LogP contribution in [-0.2, 0) is 6.42 Å². The highest BCUT2D eigenvalue weighted by atomic mass is 79.9. The molecule has 2 rings (SSSR count). The van der Waals surface area contributed by atoms with Gasteiger partial charge in [-0.3, -0.25) is 4.79 Å². The molecule has 0 bridgehead atoms. The van der Waals surface area contributed by atoms with Crippen LogP contribution in [0.25, 0.3) is 0 Å². The molecule has 0 aliphatic heterocycles. The van der Waals surface area contributed by atoms with Gasteiger partial charge in [-0.15, -0.1) is 0 Å². The average Bonchev–Trinajstić information content (AvgIpc) is 2.41. The number of halogens is 1. The summed E-state index contributed by atoms with van der Waals surface area (Å²) >= 11 is 3.34. The molecule has 0 unspecified atom stereocenters. The fraction of sp³-hybridized carbons (Fsp3) is 0.133. The average molecular weight is 305 g/mol. The lowest BCUT2D eigenvalue weighted by atomic mass is 10.1. The SMILES string of the molecule is CCc1ccccc1Oc1ccc(Br)cc1C=O. The summed E-state index contributed by atoms with van der Waals surface area (Å²) in [6.45, 7) is 2.07. The van der Waals surface area contributed by atoms with Crippen LogP contribution < -0.4 is 4.74 Å². The molecule has 3 heteroatoms. The number of carbonyl (C=O) groups is 1. The van der Waals surface area contributed by atoms with Crippen LogP contribution in [0.2, 0.25) is 0 Å². The number of hydrogen-bond acceptors (Lipinski definition) is 2. The van der Waals surface area contributed by atoms with Crippen molar-refractivity contribution < 1.29 is 9.53 Å². The Labute approximate surface area is 115 Å². The highest BCUT2D eigenvalue weighted by Gasteiger charge is 2.07. The van der Waals surface area contributed by atoms with Crippen LogP contribution in [-0.4, -0.2) is 6.29 Å². The van der Waals surface area contributed by atoms with E-state index in [9.17, 15) is 4.79 Å². The van der Waals surface area contributed by atoms with Gasteiger partial charge in [0, 0.05) is 4.47 Å². The first-order chi connectivity index (χ1) is 8.74. The van der Waals surface area contributed by atoms with E-state index in [4.69, 9.17) is 4.74 Å². The Kier molecular flexibility index (Phi) is 4.15. The molecule has 0 saturated heterocycles. The second kappa shape index (κ2) is 5.83. The van der Waals surface area contributed by atoms with Crippen LogP contribution in [0.3, 0.4) is 0 Å². The quantitative estimate of drug-likeness (QED) is 0.771. The number of ether oxygens (including phenoxy) is 1. The number of para-hydroxylation sites is 1. The monoisotopic (exact) mass is 304 g/mol. The molecule has 2 aromatic carbocycles. The Morgan fingerprint density at radius 1 is 1.17 bits per heavy atom. The highest BCUT2D eigenvalue weighted by Crippen LogP contribution is 2.29. The molecule has 2 aromatic rings. The van der Waals surface area contributed by atoms with E-state index in [0.29, 0.717) is 11.3 Å². The van der Waals surface area contributed by atoms with Gasteiger partial charge in [-0.2, -0.15) is 0 Å². The third-order valence-corrected chi connectivity index (χ3v) is 3.17. The maximum absolute atomic E-state index is 11.0. The van der Waals surface area contributed by atoms with Crippen LogP contribution in [0.15, 0.2) is 46.9 Å². The van der Waals surface area contributed by atoms with Crippen LogP contribution >= 0.6 is 15.9 Å². The molecule has 18 heavy (non-hydrogen) atoms. The fourth-order valence-electron chi connectivity index (χ4n) is 1.72. The summed E-state index contributed by atoms with van der Waals surface area (Å²) in [4.78, 5) is 11.0. The maximum Gasteiger partial charge on any atom is 0.153 e. The van der Waals surface area contributed by atoms with Crippen molar-refractivity contribution in [2.75, 3.05) is 0 Å². The molecule has 0 aromatic heterocycles. The summed E-state index contributed by atoms with van der Waals surface area (Å²) in [7, 11) is 0. The van der Waals surface area contributed by atoms with Crippen LogP contribution in [0.5, 0.6) is 11.5 Å². The predicted octanol–water partition coefficient (Wildman–Crippen LogP) is 4.62. The molecule has 0 fully saturated rings. The molecule has 0 atom stereocenters. The van der Waals surface area contributed by atoms with Crippen molar-refractivity contribution in [2.24, 2.45) is 0 Å². The molecule has 0 amide bonds. The van der Waals surface area contributed by atoms with Crippen molar-refractivity contribution in [3.63, 3.8) is 0 Å². The summed E-state index contributed by atoms with van der Waals surface area (Å²) in [6, 6.07) is 13.2. The van der Waals surface area contributed by atoms with E-state index in [0.717, 1.165) is 28.5 Å². The number of rotatable bonds is 4. The normalized spacial score (nSPS) is 10.1. The Hall–Kier alpha value is -1.61. The molecule has 0 radical (unpaired) electrons. The third kappa shape index (κ3) is 2.79. The molecule has 0 heterocycles. The van der Waals surface area contributed by atoms with Gasteiger partial charge in [0.15, 0.2) is 6.29 Å². The van der Waals surface area contributed by atoms with E-state index in [2.05, 4.69) is 22.9 Å². The van der Waals surface area contributed by atoms with Gasteiger partial charge in [-0.25, -0.2) is 0 Å². The van der Waals surface area contributed by atoms with E-state index in [-0.39, 0.29) is 0 Å². The number of benzene rings is 2. The molecule has 0 spiro atoms. The van der Waals surface area contributed by atoms with Crippen molar-refractivity contribution >= 4 is 22.2 Å². The number of aldehydes is 1. The molecular formula is C15H13BrO2. The molecule has 0 aliphatic rings. The molecule has 2 nitrogen and oxygen atoms in total. The minimum atomic E-state index is 0.537. The van der Waals surface area contributed by atoms with E-state index in [1.807, 2.05) is 30.3 Å². The molecule has 0 aliphatic carbocycles. The number of aryl methyl sites for hydroxylation is 1. The summed E-state index contributed by atoms with van der Waals surface area (Å²) in [6.07, 6.45) is 1.69. The molecule has 0 N–H and O–H groups in total. The topological polar surface area (TPSA) is 26.3 Å². The van der Waals surface area contributed by atoms with Crippen molar-refractivity contribution in [1.82, 2.24) is 0 Å². The van der Waals surface area contributed by atoms with Gasteiger partial charge in [-0.1, -0.05) is 41.1 Å². The summed E-state index contributed by atoms with van der Waals surface area (Å²) in [5, 5.41) is 0. The minimum absolute atomic E-state index is 0.537. The van der Waals surface area contributed by atoms with Crippen molar-refractivity contribution in [2.45, 2.75) is 13.3 Å². The smallest absolute Gasteiger partial charge is 0.153 e. The largest absolute Gasteiger partial charge is 0.456 e. The summed E-state index contributed by atoms with van der Waals surface area (Å²) < 4.78 is 6.69. The first kappa shape index (κ1) is 12.8. The standard InChI is InChI=1S/C15H13BrO2/c1-2-11-5-3-4-6-14(11)18-15-8-7-13(16)9-12(15)10-17/h3-10H,2H2,1H3. The van der Waals surface area contributed by atoms with Gasteiger partial charge in [0.1, 0.15) is 11.5 Å². The first-order valence-corrected chi connectivity index (χ1v) is 6.54. The molecule has 92 valence electrons. The fourth-order valence-corrected chi connectivity index (χ4v) is 2.10. The van der Waals surface area contributed by atoms with E-state index in [1.165, 1.54) is 0 Å². The van der Waals surface area contributed by atoms with Gasteiger partial charge in [0.05, 0.1) is 5.56 Å². The van der Waals surface area contributed by atoms with Crippen LogP contribution in [0.4, 0.5) is 0 Å². The summed E-state index contributed by atoms with van der Waals surface area (Å²) in [5.74, 6) is 1.37. The molecular weight excluding hydrogens is 292 g/mol. The maximum atomic E-state index is 11.0. The van der Waals surface area contributed by atoms with Gasteiger partial charge < -0.3 is 4.74 Å². The Morgan fingerprint density at radius 3 is 2.67 bits per heavy atom. The Bertz CT molecular complexity index is 564. The van der Waals surface area contributed by atoms with Crippen molar-refractivity contribution in [3.8, 4) is 11.5 Å². The number of carbonyl (C=O) groups excluding carboxylic acids is 1. The lowest BCUT2D eigenvalue weighted by Gasteiger charge is -2.11. The highest BCUT2D eigenvalue weighted by molar-refractivity contribution is 9.10.